The highest BCUT2D eigenvalue weighted by Crippen LogP contribution is 2.25. The van der Waals surface area contributed by atoms with Crippen LogP contribution in [-0.2, 0) is 9.59 Å². The fraction of sp³-hybridized carbons (Fsp3) is 0.143. The quantitative estimate of drug-likeness (QED) is 0.671. The van der Waals surface area contributed by atoms with Gasteiger partial charge >= 0.3 is 11.8 Å². The summed E-state index contributed by atoms with van der Waals surface area (Å²) in [5.74, 6) is -1.46. The summed E-state index contributed by atoms with van der Waals surface area (Å²) in [7, 11) is 0. The van der Waals surface area contributed by atoms with E-state index in [0.717, 1.165) is 0 Å². The Kier molecular flexibility index (Phi) is 6.28. The van der Waals surface area contributed by atoms with Gasteiger partial charge in [-0.15, -0.1) is 13.2 Å². The maximum absolute atomic E-state index is 12.0. The molecule has 0 radical (unpaired) electrons. The summed E-state index contributed by atoms with van der Waals surface area (Å²) in [4.78, 5) is 25.1. The van der Waals surface area contributed by atoms with Crippen molar-refractivity contribution in [1.29, 1.82) is 0 Å². The first-order chi connectivity index (χ1) is 9.49. The summed E-state index contributed by atoms with van der Waals surface area (Å²) in [6, 6.07) is 4.58. The third kappa shape index (κ3) is 4.40. The summed E-state index contributed by atoms with van der Waals surface area (Å²) in [6.07, 6.45) is 3.06. The van der Waals surface area contributed by atoms with Crippen LogP contribution in [0.1, 0.15) is 0 Å². The Labute approximate surface area is 127 Å². The minimum Gasteiger partial charge on any atom is -0.327 e. The van der Waals surface area contributed by atoms with Gasteiger partial charge < -0.3 is 10.2 Å². The van der Waals surface area contributed by atoms with Crippen molar-refractivity contribution in [3.63, 3.8) is 0 Å². The topological polar surface area (TPSA) is 49.4 Å². The van der Waals surface area contributed by atoms with Gasteiger partial charge in [0, 0.05) is 18.1 Å². The number of rotatable bonds is 5. The van der Waals surface area contributed by atoms with Crippen LogP contribution in [-0.4, -0.2) is 29.8 Å². The third-order valence-corrected chi connectivity index (χ3v) is 2.91. The molecule has 0 heterocycles. The first kappa shape index (κ1) is 16.3. The summed E-state index contributed by atoms with van der Waals surface area (Å²) in [6.45, 7) is 7.59. The Morgan fingerprint density at radius 1 is 1.20 bits per heavy atom. The van der Waals surface area contributed by atoms with Crippen molar-refractivity contribution in [2.24, 2.45) is 0 Å². The van der Waals surface area contributed by atoms with Gasteiger partial charge in [0.05, 0.1) is 10.7 Å². The molecular formula is C14H14Cl2N2O2. The second-order valence-electron chi connectivity index (χ2n) is 3.87. The van der Waals surface area contributed by atoms with E-state index in [9.17, 15) is 9.59 Å². The molecule has 0 atom stereocenters. The summed E-state index contributed by atoms with van der Waals surface area (Å²) in [5.41, 5.74) is 0.326. The Morgan fingerprint density at radius 3 is 2.30 bits per heavy atom. The van der Waals surface area contributed by atoms with Crippen LogP contribution in [0.4, 0.5) is 5.69 Å². The summed E-state index contributed by atoms with van der Waals surface area (Å²) < 4.78 is 0. The predicted molar refractivity (Wildman–Crippen MR) is 82.1 cm³/mol. The van der Waals surface area contributed by atoms with E-state index in [-0.39, 0.29) is 18.1 Å². The van der Waals surface area contributed by atoms with Gasteiger partial charge in [-0.2, -0.15) is 0 Å². The highest BCUT2D eigenvalue weighted by Gasteiger charge is 2.20. The molecule has 106 valence electrons. The van der Waals surface area contributed by atoms with E-state index < -0.39 is 11.8 Å². The van der Waals surface area contributed by atoms with E-state index in [1.165, 1.54) is 29.2 Å². The lowest BCUT2D eigenvalue weighted by Gasteiger charge is -2.18. The molecule has 4 nitrogen and oxygen atoms in total. The van der Waals surface area contributed by atoms with Gasteiger partial charge in [-0.05, 0) is 18.2 Å². The lowest BCUT2D eigenvalue weighted by atomic mass is 10.3. The molecule has 1 N–H and O–H groups in total. The van der Waals surface area contributed by atoms with Gasteiger partial charge in [-0.25, -0.2) is 0 Å². The van der Waals surface area contributed by atoms with E-state index in [1.807, 2.05) is 0 Å². The average Bonchev–Trinajstić information content (AvgIpc) is 2.40. The molecule has 0 aliphatic carbocycles. The molecule has 6 heteroatoms. The second-order valence-corrected chi connectivity index (χ2v) is 4.71. The zero-order valence-electron chi connectivity index (χ0n) is 10.7. The molecule has 0 fully saturated rings. The summed E-state index contributed by atoms with van der Waals surface area (Å²) in [5, 5.41) is 3.15. The van der Waals surface area contributed by atoms with Crippen molar-refractivity contribution in [3.05, 3.63) is 53.6 Å². The van der Waals surface area contributed by atoms with E-state index in [4.69, 9.17) is 23.2 Å². The summed E-state index contributed by atoms with van der Waals surface area (Å²) >= 11 is 11.7. The van der Waals surface area contributed by atoms with E-state index in [2.05, 4.69) is 18.5 Å². The van der Waals surface area contributed by atoms with Crippen LogP contribution in [0.3, 0.4) is 0 Å². The maximum atomic E-state index is 12.0. The number of hydrogen-bond acceptors (Lipinski definition) is 2. The van der Waals surface area contributed by atoms with Crippen LogP contribution >= 0.6 is 23.2 Å². The zero-order chi connectivity index (χ0) is 15.1. The number of carbonyl (C=O) groups excluding carboxylic acids is 2. The van der Waals surface area contributed by atoms with Crippen LogP contribution in [0, 0.1) is 0 Å². The fourth-order valence-electron chi connectivity index (χ4n) is 1.46. The van der Waals surface area contributed by atoms with Gasteiger partial charge in [0.15, 0.2) is 0 Å². The van der Waals surface area contributed by atoms with Gasteiger partial charge in [0.1, 0.15) is 0 Å². The van der Waals surface area contributed by atoms with E-state index >= 15 is 0 Å². The number of amides is 2. The Morgan fingerprint density at radius 2 is 1.80 bits per heavy atom. The molecule has 2 amide bonds. The number of hydrogen-bond donors (Lipinski definition) is 1. The van der Waals surface area contributed by atoms with Crippen molar-refractivity contribution in [2.75, 3.05) is 18.4 Å². The van der Waals surface area contributed by atoms with Crippen molar-refractivity contribution < 1.29 is 9.59 Å². The Balaban J connectivity index is 2.80. The second kappa shape index (κ2) is 7.72. The molecule has 0 bridgehead atoms. The lowest BCUT2D eigenvalue weighted by molar-refractivity contribution is -0.142. The van der Waals surface area contributed by atoms with Gasteiger partial charge in [-0.1, -0.05) is 35.4 Å². The SMILES string of the molecule is C=CCN(CC=C)C(=O)C(=O)Nc1ccc(Cl)cc1Cl. The average molecular weight is 313 g/mol. The fourth-order valence-corrected chi connectivity index (χ4v) is 1.92. The Bertz CT molecular complexity index is 534. The van der Waals surface area contributed by atoms with Crippen LogP contribution in [0.15, 0.2) is 43.5 Å². The van der Waals surface area contributed by atoms with Gasteiger partial charge in [0.2, 0.25) is 0 Å². The standard InChI is InChI=1S/C14H14Cl2N2O2/c1-3-7-18(8-4-2)14(20)13(19)17-12-6-5-10(15)9-11(12)16/h3-6,9H,1-2,7-8H2,(H,17,19). The Hall–Kier alpha value is -1.78. The molecular weight excluding hydrogens is 299 g/mol. The third-order valence-electron chi connectivity index (χ3n) is 2.36. The smallest absolute Gasteiger partial charge is 0.313 e. The van der Waals surface area contributed by atoms with Crippen LogP contribution < -0.4 is 5.32 Å². The van der Waals surface area contributed by atoms with Crippen LogP contribution in [0.5, 0.6) is 0 Å². The molecule has 0 aromatic heterocycles. The minimum absolute atomic E-state index is 0.257. The maximum Gasteiger partial charge on any atom is 0.313 e. The number of anilines is 1. The molecule has 0 aliphatic rings. The van der Waals surface area contributed by atoms with Crippen molar-refractivity contribution in [3.8, 4) is 0 Å². The zero-order valence-corrected chi connectivity index (χ0v) is 12.2. The van der Waals surface area contributed by atoms with Crippen molar-refractivity contribution >= 4 is 40.7 Å². The normalized spacial score (nSPS) is 9.70. The number of halogens is 2. The van der Waals surface area contributed by atoms with E-state index in [0.29, 0.717) is 10.7 Å². The molecule has 0 saturated carbocycles. The molecule has 1 rings (SSSR count). The molecule has 20 heavy (non-hydrogen) atoms. The largest absolute Gasteiger partial charge is 0.327 e. The predicted octanol–water partition coefficient (Wildman–Crippen LogP) is 3.13. The minimum atomic E-state index is -0.780. The first-order valence-corrected chi connectivity index (χ1v) is 6.52. The number of nitrogens with one attached hydrogen (secondary N) is 1. The lowest BCUT2D eigenvalue weighted by Crippen LogP contribution is -2.39. The number of benzene rings is 1. The molecule has 1 aromatic rings. The molecule has 0 aliphatic heterocycles. The molecule has 0 saturated heterocycles. The molecule has 0 spiro atoms. The molecule has 1 aromatic carbocycles. The number of nitrogens with zero attached hydrogens (tertiary/aromatic N) is 1. The van der Waals surface area contributed by atoms with Gasteiger partial charge in [0.25, 0.3) is 0 Å². The number of carbonyl (C=O) groups is 2. The van der Waals surface area contributed by atoms with Crippen LogP contribution in [0.2, 0.25) is 10.0 Å². The highest BCUT2D eigenvalue weighted by atomic mass is 35.5. The van der Waals surface area contributed by atoms with Crippen LogP contribution in [0.25, 0.3) is 0 Å². The van der Waals surface area contributed by atoms with Gasteiger partial charge in [-0.3, -0.25) is 9.59 Å². The highest BCUT2D eigenvalue weighted by molar-refractivity contribution is 6.42. The monoisotopic (exact) mass is 312 g/mol. The van der Waals surface area contributed by atoms with Crippen molar-refractivity contribution in [1.82, 2.24) is 4.90 Å². The van der Waals surface area contributed by atoms with E-state index in [1.54, 1.807) is 6.07 Å². The first-order valence-electron chi connectivity index (χ1n) is 5.76. The van der Waals surface area contributed by atoms with Crippen molar-refractivity contribution in [2.45, 2.75) is 0 Å². The molecule has 0 unspecified atom stereocenters.